The summed E-state index contributed by atoms with van der Waals surface area (Å²) in [5.41, 5.74) is -0.0432. The summed E-state index contributed by atoms with van der Waals surface area (Å²) in [6.45, 7) is 19.3. The van der Waals surface area contributed by atoms with E-state index in [0.717, 1.165) is 36.7 Å². The van der Waals surface area contributed by atoms with Gasteiger partial charge in [-0.05, 0) is 93.4 Å². The quantitative estimate of drug-likeness (QED) is 0.135. The molecule has 0 N–H and O–H groups in total. The van der Waals surface area contributed by atoms with Gasteiger partial charge in [0.2, 0.25) is 5.79 Å². The third-order valence-electron chi connectivity index (χ3n) is 8.58. The van der Waals surface area contributed by atoms with Crippen molar-refractivity contribution in [1.82, 2.24) is 0 Å². The number of fused-ring (bicyclic) bond motifs is 1. The number of ketones is 1. The van der Waals surface area contributed by atoms with Gasteiger partial charge in [0.1, 0.15) is 6.07 Å². The minimum atomic E-state index is -1.26. The summed E-state index contributed by atoms with van der Waals surface area (Å²) in [6.07, 6.45) is 16.4. The molecule has 5 heteroatoms. The third kappa shape index (κ3) is 10.5. The van der Waals surface area contributed by atoms with Crippen LogP contribution in [0.4, 0.5) is 0 Å². The van der Waals surface area contributed by atoms with E-state index in [9.17, 15) is 10.1 Å². The van der Waals surface area contributed by atoms with Crippen LogP contribution in [-0.4, -0.2) is 22.8 Å². The SMILES string of the molecule is CC1=CC(=O)C=C2CC[C@@](C)(CCC[C@H](C)CCC[C@H](C)CCCC(C)C)O[C@]12OO[C@@](C)(C#N)CC(C)C. The molecule has 1 aliphatic carbocycles. The van der Waals surface area contributed by atoms with Gasteiger partial charge >= 0.3 is 0 Å². The van der Waals surface area contributed by atoms with Crippen molar-refractivity contribution in [3.63, 3.8) is 0 Å². The Bertz CT molecular complexity index is 899. The molecule has 0 bridgehead atoms. The summed E-state index contributed by atoms with van der Waals surface area (Å²) >= 11 is 0. The average molecular weight is 544 g/mol. The second-order valence-corrected chi connectivity index (χ2v) is 14.0. The molecule has 5 nitrogen and oxygen atoms in total. The van der Waals surface area contributed by atoms with E-state index in [4.69, 9.17) is 14.5 Å². The number of nitrogens with zero attached hydrogens (tertiary/aromatic N) is 1. The van der Waals surface area contributed by atoms with E-state index in [1.54, 1.807) is 19.1 Å². The molecular formula is C34H57NO4. The second kappa shape index (κ2) is 14.9. The van der Waals surface area contributed by atoms with Crippen LogP contribution in [0.5, 0.6) is 0 Å². The zero-order valence-electron chi connectivity index (χ0n) is 26.5. The monoisotopic (exact) mass is 543 g/mol. The van der Waals surface area contributed by atoms with Gasteiger partial charge in [-0.15, -0.1) is 0 Å². The maximum absolute atomic E-state index is 12.3. The fourth-order valence-corrected chi connectivity index (χ4v) is 6.19. The molecule has 0 radical (unpaired) electrons. The average Bonchev–Trinajstić information content (AvgIpc) is 2.83. The van der Waals surface area contributed by atoms with Gasteiger partial charge in [0.25, 0.3) is 0 Å². The van der Waals surface area contributed by atoms with Crippen LogP contribution in [0.15, 0.2) is 23.3 Å². The van der Waals surface area contributed by atoms with Crippen molar-refractivity contribution in [2.45, 2.75) is 156 Å². The Kier molecular flexibility index (Phi) is 12.9. The highest BCUT2D eigenvalue weighted by Crippen LogP contribution is 2.48. The predicted molar refractivity (Wildman–Crippen MR) is 159 cm³/mol. The zero-order valence-corrected chi connectivity index (χ0v) is 26.5. The van der Waals surface area contributed by atoms with Crippen LogP contribution >= 0.6 is 0 Å². The van der Waals surface area contributed by atoms with Gasteiger partial charge in [-0.2, -0.15) is 10.1 Å². The highest BCUT2D eigenvalue weighted by molar-refractivity contribution is 6.02. The zero-order chi connectivity index (χ0) is 29.3. The van der Waals surface area contributed by atoms with E-state index in [1.807, 2.05) is 6.92 Å². The molecule has 0 unspecified atom stereocenters. The lowest BCUT2D eigenvalue weighted by molar-refractivity contribution is -0.452. The number of allylic oxidation sites excluding steroid dienone is 2. The second-order valence-electron chi connectivity index (χ2n) is 14.0. The Balaban J connectivity index is 1.94. The summed E-state index contributed by atoms with van der Waals surface area (Å²) < 4.78 is 6.77. The van der Waals surface area contributed by atoms with Crippen LogP contribution in [-0.2, 0) is 19.3 Å². The van der Waals surface area contributed by atoms with Crippen molar-refractivity contribution in [3.05, 3.63) is 23.3 Å². The molecule has 1 heterocycles. The largest absolute Gasteiger partial charge is 0.334 e. The number of hydrogen-bond donors (Lipinski definition) is 0. The summed E-state index contributed by atoms with van der Waals surface area (Å²) in [5.74, 6) is 1.30. The topological polar surface area (TPSA) is 68.6 Å². The normalized spacial score (nSPS) is 26.5. The smallest absolute Gasteiger partial charge is 0.247 e. The Morgan fingerprint density at radius 2 is 1.56 bits per heavy atom. The molecule has 0 aromatic carbocycles. The summed E-state index contributed by atoms with van der Waals surface area (Å²) in [7, 11) is 0. The maximum atomic E-state index is 12.3. The molecule has 1 saturated heterocycles. The maximum Gasteiger partial charge on any atom is 0.247 e. The summed E-state index contributed by atoms with van der Waals surface area (Å²) in [5, 5.41) is 9.81. The standard InChI is InChI=1S/C34H57NO4/c1-25(2)13-10-14-27(5)15-11-16-28(6)17-12-19-32(8)20-18-30-22-31(36)21-29(7)34(30,37-32)39-38-33(9,24-35)23-26(3)4/h21-22,25-28H,10-20,23H2,1-9H3/t27-,28-,32-,33-,34+/m1/s1. The first-order valence-electron chi connectivity index (χ1n) is 15.6. The van der Waals surface area contributed by atoms with Crippen molar-refractivity contribution < 1.29 is 19.3 Å². The number of hydrogen-bond acceptors (Lipinski definition) is 5. The van der Waals surface area contributed by atoms with Crippen LogP contribution in [0, 0.1) is 35.0 Å². The van der Waals surface area contributed by atoms with E-state index in [0.29, 0.717) is 24.3 Å². The lowest BCUT2D eigenvalue weighted by Gasteiger charge is -2.49. The fourth-order valence-electron chi connectivity index (χ4n) is 6.19. The number of carbonyl (C=O) groups excluding carboxylic acids is 1. The van der Waals surface area contributed by atoms with Crippen LogP contribution in [0.1, 0.15) is 139 Å². The van der Waals surface area contributed by atoms with Crippen LogP contribution < -0.4 is 0 Å². The van der Waals surface area contributed by atoms with Gasteiger partial charge in [-0.25, -0.2) is 4.89 Å². The molecule has 39 heavy (non-hydrogen) atoms. The van der Waals surface area contributed by atoms with Crippen LogP contribution in [0.2, 0.25) is 0 Å². The first-order valence-corrected chi connectivity index (χ1v) is 15.6. The van der Waals surface area contributed by atoms with Crippen LogP contribution in [0.25, 0.3) is 0 Å². The van der Waals surface area contributed by atoms with Gasteiger partial charge in [0.15, 0.2) is 11.4 Å². The van der Waals surface area contributed by atoms with E-state index in [-0.39, 0.29) is 11.7 Å². The van der Waals surface area contributed by atoms with Crippen molar-refractivity contribution >= 4 is 5.78 Å². The van der Waals surface area contributed by atoms with E-state index in [1.165, 1.54) is 44.9 Å². The highest BCUT2D eigenvalue weighted by Gasteiger charge is 2.52. The molecular weight excluding hydrogens is 486 g/mol. The molecule has 2 aliphatic rings. The number of nitriles is 1. The van der Waals surface area contributed by atoms with Gasteiger partial charge in [0, 0.05) is 0 Å². The third-order valence-corrected chi connectivity index (χ3v) is 8.58. The van der Waals surface area contributed by atoms with Crippen molar-refractivity contribution in [3.8, 4) is 6.07 Å². The van der Waals surface area contributed by atoms with Gasteiger partial charge in [0.05, 0.1) is 5.60 Å². The van der Waals surface area contributed by atoms with Crippen LogP contribution in [0.3, 0.4) is 0 Å². The lowest BCUT2D eigenvalue weighted by atomic mass is 9.79. The summed E-state index contributed by atoms with van der Waals surface area (Å²) in [6, 6.07) is 2.26. The van der Waals surface area contributed by atoms with E-state index >= 15 is 0 Å². The fraction of sp³-hybridized carbons (Fsp3) is 0.824. The minimum absolute atomic E-state index is 0.0535. The first kappa shape index (κ1) is 33.7. The van der Waals surface area contributed by atoms with Crippen molar-refractivity contribution in [1.29, 1.82) is 5.26 Å². The molecule has 0 aromatic heterocycles. The Labute approximate surface area is 239 Å². The molecule has 1 fully saturated rings. The molecule has 1 aliphatic heterocycles. The van der Waals surface area contributed by atoms with Crippen molar-refractivity contribution in [2.24, 2.45) is 23.7 Å². The highest BCUT2D eigenvalue weighted by atomic mass is 17.2. The van der Waals surface area contributed by atoms with Crippen molar-refractivity contribution in [2.75, 3.05) is 0 Å². The molecule has 0 saturated carbocycles. The number of rotatable bonds is 17. The molecule has 222 valence electrons. The Morgan fingerprint density at radius 1 is 0.974 bits per heavy atom. The molecule has 0 aromatic rings. The van der Waals surface area contributed by atoms with Gasteiger partial charge in [-0.1, -0.05) is 92.9 Å². The Morgan fingerprint density at radius 3 is 2.13 bits per heavy atom. The number of ether oxygens (including phenoxy) is 1. The molecule has 0 spiro atoms. The number of carbonyl (C=O) groups is 1. The Hall–Kier alpha value is -1.48. The molecule has 0 amide bonds. The minimum Gasteiger partial charge on any atom is -0.334 e. The lowest BCUT2D eigenvalue weighted by Crippen LogP contribution is -2.53. The van der Waals surface area contributed by atoms with Gasteiger partial charge in [-0.3, -0.25) is 4.79 Å². The predicted octanol–water partition coefficient (Wildman–Crippen LogP) is 9.42. The molecule has 2 rings (SSSR count). The summed E-state index contributed by atoms with van der Waals surface area (Å²) in [4.78, 5) is 24.3. The first-order chi connectivity index (χ1) is 18.2. The molecule has 5 atom stereocenters. The van der Waals surface area contributed by atoms with E-state index in [2.05, 4.69) is 54.5 Å². The van der Waals surface area contributed by atoms with Gasteiger partial charge < -0.3 is 4.74 Å². The van der Waals surface area contributed by atoms with E-state index < -0.39 is 17.0 Å².